The molecule has 46 heavy (non-hydrogen) atoms. The Bertz CT molecular complexity index is 1000. The number of allylic oxidation sites excluding steroid dienone is 1. The molecule has 0 aliphatic heterocycles. The summed E-state index contributed by atoms with van der Waals surface area (Å²) in [5.74, 6) is 5.98. The minimum Gasteiger partial charge on any atom is -0.446 e. The number of rotatable bonds is 16. The third-order valence-electron chi connectivity index (χ3n) is 14.2. The van der Waals surface area contributed by atoms with Gasteiger partial charge in [0.2, 0.25) is 0 Å². The summed E-state index contributed by atoms with van der Waals surface area (Å²) in [5, 5.41) is 3.49. The summed E-state index contributed by atoms with van der Waals surface area (Å²) in [6.45, 7) is 24.7. The van der Waals surface area contributed by atoms with Gasteiger partial charge in [0.05, 0.1) is 0 Å². The molecular weight excluding hydrogens is 566 g/mol. The highest BCUT2D eigenvalue weighted by atomic mass is 16.6. The number of unbranched alkanes of at least 4 members (excludes halogenated alkanes) is 1. The second-order valence-corrected chi connectivity index (χ2v) is 18.0. The van der Waals surface area contributed by atoms with E-state index in [1.54, 1.807) is 5.57 Å². The third kappa shape index (κ3) is 8.74. The molecular formula is C41H75N3O2. The van der Waals surface area contributed by atoms with E-state index in [4.69, 9.17) is 10.5 Å². The van der Waals surface area contributed by atoms with Crippen molar-refractivity contribution >= 4 is 6.09 Å². The zero-order valence-electron chi connectivity index (χ0n) is 31.8. The van der Waals surface area contributed by atoms with Crippen molar-refractivity contribution < 1.29 is 9.53 Å². The summed E-state index contributed by atoms with van der Waals surface area (Å²) in [6.07, 6.45) is 19.8. The van der Waals surface area contributed by atoms with Crippen molar-refractivity contribution in [3.63, 3.8) is 0 Å². The van der Waals surface area contributed by atoms with Crippen molar-refractivity contribution in [3.05, 3.63) is 11.6 Å². The van der Waals surface area contributed by atoms with Gasteiger partial charge in [-0.3, -0.25) is 0 Å². The molecule has 1 amide bonds. The van der Waals surface area contributed by atoms with E-state index in [0.29, 0.717) is 17.4 Å². The number of carbonyl (C=O) groups excluding carboxylic acids is 1. The van der Waals surface area contributed by atoms with Crippen LogP contribution in [-0.4, -0.2) is 48.8 Å². The Balaban J connectivity index is 1.28. The number of nitrogens with two attached hydrogens (primary N) is 1. The van der Waals surface area contributed by atoms with E-state index < -0.39 is 0 Å². The molecule has 0 saturated heterocycles. The zero-order chi connectivity index (χ0) is 33.7. The van der Waals surface area contributed by atoms with Gasteiger partial charge in [0.15, 0.2) is 0 Å². The molecule has 4 aliphatic carbocycles. The van der Waals surface area contributed by atoms with Gasteiger partial charge in [-0.05, 0) is 157 Å². The fourth-order valence-corrected chi connectivity index (χ4v) is 11.1. The van der Waals surface area contributed by atoms with Crippen molar-refractivity contribution in [1.82, 2.24) is 10.2 Å². The van der Waals surface area contributed by atoms with Crippen molar-refractivity contribution in [2.45, 2.75) is 164 Å². The average Bonchev–Trinajstić information content (AvgIpc) is 3.35. The number of carbonyl (C=O) groups is 1. The maximum Gasteiger partial charge on any atom is 0.410 e. The number of amides is 1. The Kier molecular flexibility index (Phi) is 13.2. The Morgan fingerprint density at radius 1 is 1.04 bits per heavy atom. The smallest absolute Gasteiger partial charge is 0.410 e. The van der Waals surface area contributed by atoms with E-state index in [9.17, 15) is 4.79 Å². The highest BCUT2D eigenvalue weighted by molar-refractivity contribution is 5.67. The molecule has 5 heteroatoms. The van der Waals surface area contributed by atoms with Gasteiger partial charge in [-0.15, -0.1) is 0 Å². The van der Waals surface area contributed by atoms with Crippen molar-refractivity contribution in [3.8, 4) is 0 Å². The normalized spacial score (nSPS) is 33.9. The van der Waals surface area contributed by atoms with Crippen LogP contribution in [0.15, 0.2) is 11.6 Å². The molecule has 0 heterocycles. The molecule has 5 nitrogen and oxygen atoms in total. The number of nitrogens with zero attached hydrogens (tertiary/aromatic N) is 1. The van der Waals surface area contributed by atoms with Crippen LogP contribution >= 0.6 is 0 Å². The summed E-state index contributed by atoms with van der Waals surface area (Å²) in [5.41, 5.74) is 8.38. The molecule has 9 atom stereocenters. The Morgan fingerprint density at radius 3 is 2.48 bits per heavy atom. The minimum atomic E-state index is -0.122. The summed E-state index contributed by atoms with van der Waals surface area (Å²) in [6, 6.07) is 0. The SMILES string of the molecule is CC[C@H](CC[C@@H](C)[C@H]1CC[C@H]2[C@@H]3CC=C4C[C@@H](OC(=O)N(CC)CCCCNCCC(C)(C)N)CC[C@]4(C)[C@H]3CC[C@]12C)C(C)C. The molecule has 0 unspecified atom stereocenters. The third-order valence-corrected chi connectivity index (χ3v) is 14.2. The van der Waals surface area contributed by atoms with Crippen LogP contribution in [0.3, 0.4) is 0 Å². The highest BCUT2D eigenvalue weighted by Crippen LogP contribution is 2.67. The molecule has 0 aromatic heterocycles. The van der Waals surface area contributed by atoms with Crippen LogP contribution in [0.2, 0.25) is 0 Å². The van der Waals surface area contributed by atoms with E-state index in [2.05, 4.69) is 73.7 Å². The molecule has 266 valence electrons. The molecule has 4 rings (SSSR count). The van der Waals surface area contributed by atoms with Crippen LogP contribution in [-0.2, 0) is 4.74 Å². The minimum absolute atomic E-state index is 0.0297. The number of fused-ring (bicyclic) bond motifs is 5. The van der Waals surface area contributed by atoms with E-state index in [1.165, 1.54) is 57.8 Å². The summed E-state index contributed by atoms with van der Waals surface area (Å²) < 4.78 is 6.21. The van der Waals surface area contributed by atoms with Gasteiger partial charge in [-0.25, -0.2) is 4.79 Å². The maximum atomic E-state index is 13.2. The van der Waals surface area contributed by atoms with Crippen LogP contribution in [0.1, 0.15) is 152 Å². The van der Waals surface area contributed by atoms with Gasteiger partial charge in [0.25, 0.3) is 0 Å². The molecule has 3 fully saturated rings. The second kappa shape index (κ2) is 16.1. The first-order valence-corrected chi connectivity index (χ1v) is 19.9. The van der Waals surface area contributed by atoms with Crippen LogP contribution in [0, 0.1) is 52.3 Å². The van der Waals surface area contributed by atoms with Gasteiger partial charge in [-0.1, -0.05) is 66.0 Å². The van der Waals surface area contributed by atoms with Crippen molar-refractivity contribution in [1.29, 1.82) is 0 Å². The van der Waals surface area contributed by atoms with E-state index in [0.717, 1.165) is 93.2 Å². The fraction of sp³-hybridized carbons (Fsp3) is 0.927. The standard InChI is InChI=1S/C41H75N3O2/c1-10-31(29(3)4)15-14-30(5)35-18-19-36-34-17-16-32-28-33(20-22-40(32,8)37(34)21-23-41(35,36)9)46-38(45)44(11-2)27-13-12-25-43-26-24-39(6,7)42/h16,29-31,33-37,43H,10-15,17-28,42H2,1-9H3/t30-,31-,33+,34+,35-,36+,37+,40+,41-/m1/s1. The predicted molar refractivity (Wildman–Crippen MR) is 195 cm³/mol. The molecule has 3 saturated carbocycles. The van der Waals surface area contributed by atoms with Gasteiger partial charge in [0.1, 0.15) is 6.10 Å². The lowest BCUT2D eigenvalue weighted by Gasteiger charge is -2.58. The molecule has 0 aromatic carbocycles. The Hall–Kier alpha value is -1.07. The van der Waals surface area contributed by atoms with Gasteiger partial charge >= 0.3 is 6.09 Å². The van der Waals surface area contributed by atoms with E-state index >= 15 is 0 Å². The van der Waals surface area contributed by atoms with Gasteiger partial charge in [-0.2, -0.15) is 0 Å². The lowest BCUT2D eigenvalue weighted by Crippen LogP contribution is -2.51. The van der Waals surface area contributed by atoms with Crippen LogP contribution in [0.25, 0.3) is 0 Å². The summed E-state index contributed by atoms with van der Waals surface area (Å²) >= 11 is 0. The first-order chi connectivity index (χ1) is 21.7. The largest absolute Gasteiger partial charge is 0.446 e. The lowest BCUT2D eigenvalue weighted by molar-refractivity contribution is -0.0595. The number of hydrogen-bond acceptors (Lipinski definition) is 4. The summed E-state index contributed by atoms with van der Waals surface area (Å²) in [7, 11) is 0. The topological polar surface area (TPSA) is 67.6 Å². The first kappa shape index (κ1) is 37.7. The molecule has 4 aliphatic rings. The molecule has 0 radical (unpaired) electrons. The second-order valence-electron chi connectivity index (χ2n) is 18.0. The number of nitrogens with one attached hydrogen (secondary N) is 1. The van der Waals surface area contributed by atoms with Crippen molar-refractivity contribution in [2.75, 3.05) is 26.2 Å². The molecule has 3 N–H and O–H groups in total. The van der Waals surface area contributed by atoms with Crippen LogP contribution in [0.5, 0.6) is 0 Å². The summed E-state index contributed by atoms with van der Waals surface area (Å²) in [4.78, 5) is 15.1. The molecule has 0 spiro atoms. The van der Waals surface area contributed by atoms with Crippen molar-refractivity contribution in [2.24, 2.45) is 58.0 Å². The molecule has 0 bridgehead atoms. The lowest BCUT2D eigenvalue weighted by atomic mass is 9.47. The van der Waals surface area contributed by atoms with Crippen LogP contribution < -0.4 is 11.1 Å². The molecule has 0 aromatic rings. The Morgan fingerprint density at radius 2 is 1.80 bits per heavy atom. The zero-order valence-corrected chi connectivity index (χ0v) is 31.8. The Labute approximate surface area is 285 Å². The maximum absolute atomic E-state index is 13.2. The quantitative estimate of drug-likeness (QED) is 0.130. The first-order valence-electron chi connectivity index (χ1n) is 19.9. The van der Waals surface area contributed by atoms with Crippen LogP contribution in [0.4, 0.5) is 4.79 Å². The fourth-order valence-electron chi connectivity index (χ4n) is 11.1. The van der Waals surface area contributed by atoms with Gasteiger partial charge in [0, 0.05) is 25.0 Å². The number of hydrogen-bond donors (Lipinski definition) is 2. The monoisotopic (exact) mass is 642 g/mol. The van der Waals surface area contributed by atoms with E-state index in [1.807, 2.05) is 4.90 Å². The highest BCUT2D eigenvalue weighted by Gasteiger charge is 2.59. The average molecular weight is 642 g/mol. The predicted octanol–water partition coefficient (Wildman–Crippen LogP) is 9.99. The van der Waals surface area contributed by atoms with Gasteiger partial charge < -0.3 is 20.7 Å². The van der Waals surface area contributed by atoms with E-state index in [-0.39, 0.29) is 17.7 Å². The number of ether oxygens (including phenoxy) is 1.